The van der Waals surface area contributed by atoms with Crippen molar-refractivity contribution in [3.8, 4) is 5.75 Å². The molecule has 2 N–H and O–H groups in total. The lowest BCUT2D eigenvalue weighted by molar-refractivity contribution is -0.116. The van der Waals surface area contributed by atoms with Gasteiger partial charge in [-0.2, -0.15) is 0 Å². The SMILES string of the molecule is CCCC(=O)Nc1ccc(OC(C)(C)C(O)CN2CCN(c3cc(=O)n(C(C)C)c(=O)n3C(C)C)CC2)cc1. The zero-order valence-corrected chi connectivity index (χ0v) is 24.4. The molecule has 1 aliphatic heterocycles. The molecule has 0 radical (unpaired) electrons. The van der Waals surface area contributed by atoms with Crippen LogP contribution in [0.15, 0.2) is 39.9 Å². The van der Waals surface area contributed by atoms with E-state index in [2.05, 4.69) is 15.1 Å². The van der Waals surface area contributed by atoms with E-state index < -0.39 is 11.7 Å². The number of nitrogens with zero attached hydrogens (tertiary/aromatic N) is 4. The molecular weight excluding hydrogens is 498 g/mol. The Kier molecular flexibility index (Phi) is 10.0. The molecule has 1 aromatic carbocycles. The minimum atomic E-state index is -0.844. The first-order valence-electron chi connectivity index (χ1n) is 14.0. The highest BCUT2D eigenvalue weighted by atomic mass is 16.5. The van der Waals surface area contributed by atoms with Crippen LogP contribution in [0.1, 0.15) is 73.4 Å². The van der Waals surface area contributed by atoms with Crippen molar-refractivity contribution in [2.75, 3.05) is 42.9 Å². The zero-order valence-electron chi connectivity index (χ0n) is 24.4. The zero-order chi connectivity index (χ0) is 28.9. The molecule has 1 aromatic heterocycles. The molecule has 10 nitrogen and oxygen atoms in total. The monoisotopic (exact) mass is 543 g/mol. The summed E-state index contributed by atoms with van der Waals surface area (Å²) >= 11 is 0. The fourth-order valence-electron chi connectivity index (χ4n) is 4.81. The van der Waals surface area contributed by atoms with Crippen LogP contribution in [0, 0.1) is 0 Å². The van der Waals surface area contributed by atoms with Crippen LogP contribution in [-0.2, 0) is 4.79 Å². The molecule has 0 aliphatic carbocycles. The standard InChI is InChI=1S/C29H45N5O5/c1-8-9-25(36)30-22-10-12-23(13-11-22)39-29(6,7)24(35)19-31-14-16-32(17-15-31)26-18-27(37)34(21(4)5)28(38)33(26)20(2)3/h10-13,18,20-21,24,35H,8-9,14-17,19H2,1-7H3,(H,30,36). The Morgan fingerprint density at radius 2 is 1.59 bits per heavy atom. The van der Waals surface area contributed by atoms with Crippen molar-refractivity contribution in [1.29, 1.82) is 0 Å². The molecule has 1 amide bonds. The predicted octanol–water partition coefficient (Wildman–Crippen LogP) is 3.25. The van der Waals surface area contributed by atoms with Crippen molar-refractivity contribution in [2.24, 2.45) is 0 Å². The number of nitrogens with one attached hydrogen (secondary N) is 1. The Hall–Kier alpha value is -3.11. The molecule has 10 heteroatoms. The lowest BCUT2D eigenvalue weighted by Gasteiger charge is -2.40. The summed E-state index contributed by atoms with van der Waals surface area (Å²) in [4.78, 5) is 41.9. The summed E-state index contributed by atoms with van der Waals surface area (Å²) in [6.45, 7) is 16.3. The van der Waals surface area contributed by atoms with Crippen LogP contribution in [0.3, 0.4) is 0 Å². The lowest BCUT2D eigenvalue weighted by Crippen LogP contribution is -2.54. The summed E-state index contributed by atoms with van der Waals surface area (Å²) in [6, 6.07) is 8.44. The summed E-state index contributed by atoms with van der Waals surface area (Å²) in [5.74, 6) is 1.24. The lowest BCUT2D eigenvalue weighted by atomic mass is 10.0. The first-order valence-corrected chi connectivity index (χ1v) is 14.0. The first kappa shape index (κ1) is 30.4. The minimum Gasteiger partial charge on any atom is -0.485 e. The molecule has 1 aliphatic rings. The van der Waals surface area contributed by atoms with Crippen molar-refractivity contribution < 1.29 is 14.6 Å². The van der Waals surface area contributed by atoms with Gasteiger partial charge in [0, 0.05) is 63.0 Å². The average molecular weight is 544 g/mol. The molecular formula is C29H45N5O5. The van der Waals surface area contributed by atoms with Gasteiger partial charge in [0.15, 0.2) is 0 Å². The van der Waals surface area contributed by atoms with Gasteiger partial charge in [-0.15, -0.1) is 0 Å². The van der Waals surface area contributed by atoms with Crippen LogP contribution in [-0.4, -0.2) is 69.5 Å². The first-order chi connectivity index (χ1) is 18.3. The predicted molar refractivity (Wildman–Crippen MR) is 155 cm³/mol. The fraction of sp³-hybridized carbons (Fsp3) is 0.621. The Bertz CT molecular complexity index is 1220. The minimum absolute atomic E-state index is 0.0190. The topological polar surface area (TPSA) is 109 Å². The van der Waals surface area contributed by atoms with E-state index in [9.17, 15) is 19.5 Å². The van der Waals surface area contributed by atoms with Gasteiger partial charge in [-0.05, 0) is 72.2 Å². The summed E-state index contributed by atoms with van der Waals surface area (Å²) in [7, 11) is 0. The van der Waals surface area contributed by atoms with Gasteiger partial charge in [-0.3, -0.25) is 23.6 Å². The molecule has 0 saturated carbocycles. The highest BCUT2D eigenvalue weighted by molar-refractivity contribution is 5.90. The van der Waals surface area contributed by atoms with E-state index in [1.54, 1.807) is 34.9 Å². The molecule has 0 spiro atoms. The molecule has 39 heavy (non-hydrogen) atoms. The summed E-state index contributed by atoms with van der Waals surface area (Å²) in [5, 5.41) is 13.9. The number of hydrogen-bond acceptors (Lipinski definition) is 7. The third kappa shape index (κ3) is 7.51. The Morgan fingerprint density at radius 3 is 2.13 bits per heavy atom. The van der Waals surface area contributed by atoms with Gasteiger partial charge in [0.05, 0.1) is 0 Å². The highest BCUT2D eigenvalue weighted by Crippen LogP contribution is 2.25. The number of aliphatic hydroxyl groups excluding tert-OH is 1. The van der Waals surface area contributed by atoms with Gasteiger partial charge in [0.25, 0.3) is 5.56 Å². The maximum Gasteiger partial charge on any atom is 0.333 e. The van der Waals surface area contributed by atoms with E-state index in [1.165, 1.54) is 4.57 Å². The van der Waals surface area contributed by atoms with Gasteiger partial charge in [0.1, 0.15) is 23.3 Å². The van der Waals surface area contributed by atoms with Crippen LogP contribution in [0.5, 0.6) is 5.75 Å². The number of carbonyl (C=O) groups excluding carboxylic acids is 1. The molecule has 1 fully saturated rings. The smallest absolute Gasteiger partial charge is 0.333 e. The van der Waals surface area contributed by atoms with Gasteiger partial charge in [0.2, 0.25) is 5.91 Å². The van der Waals surface area contributed by atoms with Crippen molar-refractivity contribution in [2.45, 2.75) is 85.1 Å². The summed E-state index contributed by atoms with van der Waals surface area (Å²) in [5.41, 5.74) is -0.698. The van der Waals surface area contributed by atoms with E-state index in [-0.39, 0.29) is 29.2 Å². The van der Waals surface area contributed by atoms with Crippen LogP contribution in [0.2, 0.25) is 0 Å². The van der Waals surface area contributed by atoms with Crippen LogP contribution >= 0.6 is 0 Å². The Balaban J connectivity index is 1.61. The van der Waals surface area contributed by atoms with Crippen LogP contribution in [0.4, 0.5) is 11.5 Å². The average Bonchev–Trinajstić information content (AvgIpc) is 2.84. The van der Waals surface area contributed by atoms with E-state index >= 15 is 0 Å². The quantitative estimate of drug-likeness (QED) is 0.448. The number of carbonyl (C=O) groups is 1. The van der Waals surface area contributed by atoms with Gasteiger partial charge in [-0.1, -0.05) is 6.92 Å². The van der Waals surface area contributed by atoms with Gasteiger partial charge >= 0.3 is 5.69 Å². The number of aliphatic hydroxyl groups is 1. The summed E-state index contributed by atoms with van der Waals surface area (Å²) in [6.07, 6.45) is 0.516. The number of β-amino-alcohol motifs (C(OH)–C–C–N with tert-alkyl or cyclic N) is 1. The third-order valence-corrected chi connectivity index (χ3v) is 7.11. The molecule has 2 heterocycles. The van der Waals surface area contributed by atoms with E-state index in [4.69, 9.17) is 4.74 Å². The number of hydrogen-bond donors (Lipinski definition) is 2. The molecule has 0 bridgehead atoms. The number of amides is 1. The Morgan fingerprint density at radius 1 is 1.00 bits per heavy atom. The number of aromatic nitrogens is 2. The molecule has 2 aromatic rings. The van der Waals surface area contributed by atoms with E-state index in [0.29, 0.717) is 56.4 Å². The fourth-order valence-corrected chi connectivity index (χ4v) is 4.81. The summed E-state index contributed by atoms with van der Waals surface area (Å²) < 4.78 is 9.12. The molecule has 1 atom stereocenters. The second kappa shape index (κ2) is 12.8. The van der Waals surface area contributed by atoms with Crippen molar-refractivity contribution >= 4 is 17.4 Å². The largest absolute Gasteiger partial charge is 0.485 e. The van der Waals surface area contributed by atoms with Crippen LogP contribution < -0.4 is 26.2 Å². The number of ether oxygens (including phenoxy) is 1. The van der Waals surface area contributed by atoms with Crippen molar-refractivity contribution in [3.63, 3.8) is 0 Å². The number of benzene rings is 1. The van der Waals surface area contributed by atoms with Gasteiger partial charge < -0.3 is 20.1 Å². The normalized spacial score (nSPS) is 15.6. The molecule has 1 saturated heterocycles. The number of piperazine rings is 1. The van der Waals surface area contributed by atoms with E-state index in [0.717, 1.165) is 6.42 Å². The maximum absolute atomic E-state index is 13.1. The van der Waals surface area contributed by atoms with Crippen LogP contribution in [0.25, 0.3) is 0 Å². The molecule has 3 rings (SSSR count). The highest BCUT2D eigenvalue weighted by Gasteiger charge is 2.33. The number of rotatable bonds is 11. The second-order valence-electron chi connectivity index (χ2n) is 11.4. The van der Waals surface area contributed by atoms with Crippen molar-refractivity contribution in [1.82, 2.24) is 14.0 Å². The molecule has 216 valence electrons. The molecule has 1 unspecified atom stereocenters. The van der Waals surface area contributed by atoms with Gasteiger partial charge in [-0.25, -0.2) is 4.79 Å². The van der Waals surface area contributed by atoms with Crippen molar-refractivity contribution in [3.05, 3.63) is 51.2 Å². The third-order valence-electron chi connectivity index (χ3n) is 7.11. The second-order valence-corrected chi connectivity index (χ2v) is 11.4. The maximum atomic E-state index is 13.1. The Labute approximate surface area is 231 Å². The van der Waals surface area contributed by atoms with E-state index in [1.807, 2.05) is 48.5 Å². The number of anilines is 2.